The molecular formula is C22H42N2O6. The number of nitrogens with one attached hydrogen (secondary N) is 2. The van der Waals surface area contributed by atoms with Crippen LogP contribution in [0, 0.1) is 0 Å². The molecule has 1 atom stereocenters. The van der Waals surface area contributed by atoms with E-state index in [0.29, 0.717) is 6.42 Å². The van der Waals surface area contributed by atoms with Crippen LogP contribution in [0.25, 0.3) is 0 Å². The van der Waals surface area contributed by atoms with Crippen LogP contribution in [-0.4, -0.2) is 42.8 Å². The van der Waals surface area contributed by atoms with Gasteiger partial charge in [0.1, 0.15) is 18.2 Å². The number of amides is 2. The molecule has 8 nitrogen and oxygen atoms in total. The van der Waals surface area contributed by atoms with Crippen molar-refractivity contribution < 1.29 is 28.7 Å². The first kappa shape index (κ1) is 28.2. The Bertz CT molecular complexity index is 491. The normalized spacial score (nSPS) is 12.2. The first-order valence-electron chi connectivity index (χ1n) is 11.3. The second-order valence-electron chi connectivity index (χ2n) is 8.36. The molecule has 0 aliphatic rings. The number of esters is 1. The van der Waals surface area contributed by atoms with E-state index in [0.717, 1.165) is 19.3 Å². The number of hydrogen-bond acceptors (Lipinski definition) is 6. The van der Waals surface area contributed by atoms with E-state index in [2.05, 4.69) is 17.7 Å². The number of hydroxylamine groups is 1. The Labute approximate surface area is 181 Å². The highest BCUT2D eigenvalue weighted by molar-refractivity contribution is 5.85. The lowest BCUT2D eigenvalue weighted by Gasteiger charge is -2.23. The molecule has 176 valence electrons. The van der Waals surface area contributed by atoms with Gasteiger partial charge in [-0.25, -0.2) is 10.3 Å². The number of carbonyl (C=O) groups excluding carboxylic acids is 3. The summed E-state index contributed by atoms with van der Waals surface area (Å²) < 4.78 is 10.3. The van der Waals surface area contributed by atoms with Crippen LogP contribution in [0.2, 0.25) is 0 Å². The van der Waals surface area contributed by atoms with Gasteiger partial charge in [-0.3, -0.25) is 14.4 Å². The third kappa shape index (κ3) is 17.1. The van der Waals surface area contributed by atoms with Gasteiger partial charge in [-0.15, -0.1) is 0 Å². The Kier molecular flexibility index (Phi) is 15.9. The summed E-state index contributed by atoms with van der Waals surface area (Å²) in [6, 6.07) is -1.10. The Balaban J connectivity index is 4.20. The van der Waals surface area contributed by atoms with E-state index >= 15 is 0 Å². The number of ether oxygens (including phenoxy) is 2. The summed E-state index contributed by atoms with van der Waals surface area (Å²) in [7, 11) is 0. The molecule has 2 N–H and O–H groups in total. The van der Waals surface area contributed by atoms with Gasteiger partial charge in [-0.1, -0.05) is 58.3 Å². The Hall–Kier alpha value is -1.83. The van der Waals surface area contributed by atoms with Crippen LogP contribution in [0.4, 0.5) is 4.79 Å². The smallest absolute Gasteiger partial charge is 0.408 e. The van der Waals surface area contributed by atoms with Crippen molar-refractivity contribution in [2.75, 3.05) is 13.2 Å². The van der Waals surface area contributed by atoms with Crippen molar-refractivity contribution in [2.24, 2.45) is 0 Å². The second-order valence-corrected chi connectivity index (χ2v) is 8.36. The number of unbranched alkanes of at least 4 members (excludes halogenated alkanes) is 8. The lowest BCUT2D eigenvalue weighted by Crippen LogP contribution is -2.50. The summed E-state index contributed by atoms with van der Waals surface area (Å²) in [6.07, 6.45) is 9.95. The minimum absolute atomic E-state index is 0.267. The van der Waals surface area contributed by atoms with Crippen molar-refractivity contribution in [3.8, 4) is 0 Å². The van der Waals surface area contributed by atoms with E-state index in [-0.39, 0.29) is 13.2 Å². The molecule has 0 aliphatic carbocycles. The predicted octanol–water partition coefficient (Wildman–Crippen LogP) is 4.41. The molecule has 0 aliphatic heterocycles. The third-order valence-electron chi connectivity index (χ3n) is 4.22. The fraction of sp³-hybridized carbons (Fsp3) is 0.864. The minimum Gasteiger partial charge on any atom is -0.463 e. The minimum atomic E-state index is -1.10. The molecule has 0 spiro atoms. The van der Waals surface area contributed by atoms with Crippen molar-refractivity contribution >= 4 is 18.0 Å². The van der Waals surface area contributed by atoms with Crippen molar-refractivity contribution in [1.82, 2.24) is 10.8 Å². The molecule has 30 heavy (non-hydrogen) atoms. The van der Waals surface area contributed by atoms with Crippen LogP contribution >= 0.6 is 0 Å². The maximum atomic E-state index is 12.1. The van der Waals surface area contributed by atoms with Gasteiger partial charge >= 0.3 is 12.1 Å². The first-order valence-corrected chi connectivity index (χ1v) is 11.3. The molecular weight excluding hydrogens is 388 g/mol. The monoisotopic (exact) mass is 430 g/mol. The standard InChI is InChI=1S/C22H42N2O6/c1-6-8-9-10-11-12-13-14-15-16-19(25)28-17-18(20(26)24-29-7-2)23-21(27)30-22(3,4)5/h18H,6-17H2,1-5H3,(H,23,27)(H,24,26). The molecule has 0 saturated heterocycles. The van der Waals surface area contributed by atoms with Gasteiger partial charge in [0.05, 0.1) is 6.61 Å². The van der Waals surface area contributed by atoms with E-state index in [1.54, 1.807) is 27.7 Å². The SMILES string of the molecule is CCCCCCCCCCCC(=O)OCC(NC(=O)OC(C)(C)C)C(=O)NOCC. The largest absolute Gasteiger partial charge is 0.463 e. The summed E-state index contributed by atoms with van der Waals surface area (Å²) >= 11 is 0. The molecule has 0 aromatic rings. The Morgan fingerprint density at radius 1 is 0.867 bits per heavy atom. The van der Waals surface area contributed by atoms with Crippen LogP contribution in [0.1, 0.15) is 98.8 Å². The van der Waals surface area contributed by atoms with E-state index in [1.807, 2.05) is 0 Å². The third-order valence-corrected chi connectivity index (χ3v) is 4.22. The van der Waals surface area contributed by atoms with Crippen LogP contribution < -0.4 is 10.8 Å². The molecule has 1 unspecified atom stereocenters. The highest BCUT2D eigenvalue weighted by Crippen LogP contribution is 2.11. The maximum absolute atomic E-state index is 12.1. The van der Waals surface area contributed by atoms with Crippen molar-refractivity contribution in [2.45, 2.75) is 110 Å². The molecule has 0 aromatic heterocycles. The summed E-state index contributed by atoms with van der Waals surface area (Å²) in [6.45, 7) is 9.05. The lowest BCUT2D eigenvalue weighted by atomic mass is 10.1. The van der Waals surface area contributed by atoms with Gasteiger partial charge in [0.2, 0.25) is 0 Å². The molecule has 0 aromatic carbocycles. The number of alkyl carbamates (subject to hydrolysis) is 1. The quantitative estimate of drug-likeness (QED) is 0.214. The zero-order valence-electron chi connectivity index (χ0n) is 19.5. The van der Waals surface area contributed by atoms with Crippen LogP contribution in [0.3, 0.4) is 0 Å². The average Bonchev–Trinajstić information content (AvgIpc) is 2.66. The van der Waals surface area contributed by atoms with Gasteiger partial charge < -0.3 is 14.8 Å². The van der Waals surface area contributed by atoms with E-state index in [1.165, 1.54) is 38.5 Å². The molecule has 0 fully saturated rings. The fourth-order valence-corrected chi connectivity index (χ4v) is 2.68. The van der Waals surface area contributed by atoms with Crippen LogP contribution in [0.5, 0.6) is 0 Å². The lowest BCUT2D eigenvalue weighted by molar-refractivity contribution is -0.147. The summed E-state index contributed by atoms with van der Waals surface area (Å²) in [5.41, 5.74) is 1.50. The highest BCUT2D eigenvalue weighted by Gasteiger charge is 2.26. The zero-order chi connectivity index (χ0) is 22.8. The number of hydrogen-bond donors (Lipinski definition) is 2. The number of rotatable bonds is 16. The average molecular weight is 431 g/mol. The molecule has 2 amide bonds. The summed E-state index contributed by atoms with van der Waals surface area (Å²) in [5, 5.41) is 2.41. The second kappa shape index (κ2) is 16.9. The first-order chi connectivity index (χ1) is 14.2. The van der Waals surface area contributed by atoms with Crippen LogP contribution in [-0.2, 0) is 23.9 Å². The van der Waals surface area contributed by atoms with Crippen LogP contribution in [0.15, 0.2) is 0 Å². The predicted molar refractivity (Wildman–Crippen MR) is 116 cm³/mol. The molecule has 0 bridgehead atoms. The van der Waals surface area contributed by atoms with Gasteiger partial charge in [0.15, 0.2) is 0 Å². The Morgan fingerprint density at radius 3 is 1.97 bits per heavy atom. The van der Waals surface area contributed by atoms with Gasteiger partial charge in [-0.05, 0) is 34.1 Å². The van der Waals surface area contributed by atoms with E-state index in [9.17, 15) is 14.4 Å². The zero-order valence-corrected chi connectivity index (χ0v) is 19.5. The van der Waals surface area contributed by atoms with Crippen molar-refractivity contribution in [3.05, 3.63) is 0 Å². The topological polar surface area (TPSA) is 103 Å². The number of carbonyl (C=O) groups is 3. The Morgan fingerprint density at radius 2 is 1.43 bits per heavy atom. The van der Waals surface area contributed by atoms with Crippen molar-refractivity contribution in [1.29, 1.82) is 0 Å². The highest BCUT2D eigenvalue weighted by atomic mass is 16.7. The van der Waals surface area contributed by atoms with Gasteiger partial charge in [0, 0.05) is 6.42 Å². The van der Waals surface area contributed by atoms with E-state index in [4.69, 9.17) is 14.3 Å². The van der Waals surface area contributed by atoms with Gasteiger partial charge in [-0.2, -0.15) is 0 Å². The maximum Gasteiger partial charge on any atom is 0.408 e. The molecule has 0 saturated carbocycles. The molecule has 0 heterocycles. The summed E-state index contributed by atoms with van der Waals surface area (Å²) in [5.74, 6) is -1.00. The van der Waals surface area contributed by atoms with E-state index < -0.39 is 29.6 Å². The molecule has 0 rings (SSSR count). The molecule has 0 radical (unpaired) electrons. The van der Waals surface area contributed by atoms with Gasteiger partial charge in [0.25, 0.3) is 5.91 Å². The fourth-order valence-electron chi connectivity index (χ4n) is 2.68. The van der Waals surface area contributed by atoms with Crippen molar-refractivity contribution in [3.63, 3.8) is 0 Å². The molecule has 8 heteroatoms. The summed E-state index contributed by atoms with van der Waals surface area (Å²) in [4.78, 5) is 40.9.